The fraction of sp³-hybridized carbons (Fsp3) is 0.333. The standard InChI is InChI=1S/C15H17N3O/c1-10-4-2-5-11(8-10)9-16-15(19)14-12-6-3-7-13(12)17-18-14/h2,4-5,8H,3,6-7,9H2,1H3,(H,16,19)(H,17,18). The van der Waals surface area contributed by atoms with Crippen molar-refractivity contribution >= 4 is 5.91 Å². The van der Waals surface area contributed by atoms with Crippen LogP contribution >= 0.6 is 0 Å². The van der Waals surface area contributed by atoms with E-state index in [9.17, 15) is 4.79 Å². The summed E-state index contributed by atoms with van der Waals surface area (Å²) in [5.41, 5.74) is 5.11. The van der Waals surface area contributed by atoms with Crippen molar-refractivity contribution in [1.82, 2.24) is 15.5 Å². The maximum Gasteiger partial charge on any atom is 0.272 e. The van der Waals surface area contributed by atoms with Gasteiger partial charge in [0.25, 0.3) is 5.91 Å². The number of hydrogen-bond donors (Lipinski definition) is 2. The van der Waals surface area contributed by atoms with Gasteiger partial charge in [0.1, 0.15) is 0 Å². The van der Waals surface area contributed by atoms with E-state index in [-0.39, 0.29) is 5.91 Å². The van der Waals surface area contributed by atoms with E-state index in [2.05, 4.69) is 21.6 Å². The molecule has 0 fully saturated rings. The minimum absolute atomic E-state index is 0.0825. The van der Waals surface area contributed by atoms with E-state index in [1.807, 2.05) is 25.1 Å². The van der Waals surface area contributed by atoms with Crippen LogP contribution in [0.3, 0.4) is 0 Å². The Bertz CT molecular complexity index is 616. The van der Waals surface area contributed by atoms with Crippen LogP contribution in [0.2, 0.25) is 0 Å². The quantitative estimate of drug-likeness (QED) is 0.882. The summed E-state index contributed by atoms with van der Waals surface area (Å²) in [4.78, 5) is 12.1. The zero-order valence-electron chi connectivity index (χ0n) is 11.0. The van der Waals surface area contributed by atoms with Crippen LogP contribution in [0.1, 0.15) is 39.3 Å². The van der Waals surface area contributed by atoms with Gasteiger partial charge in [0.15, 0.2) is 5.69 Å². The molecule has 1 aliphatic rings. The largest absolute Gasteiger partial charge is 0.347 e. The van der Waals surface area contributed by atoms with Gasteiger partial charge in [-0.3, -0.25) is 9.89 Å². The predicted octanol–water partition coefficient (Wildman–Crippen LogP) is 2.14. The summed E-state index contributed by atoms with van der Waals surface area (Å²) >= 11 is 0. The molecule has 0 saturated heterocycles. The Kier molecular flexibility index (Phi) is 3.07. The average molecular weight is 255 g/mol. The number of amides is 1. The first-order chi connectivity index (χ1) is 9.24. The second-order valence-electron chi connectivity index (χ2n) is 5.05. The zero-order chi connectivity index (χ0) is 13.2. The maximum absolute atomic E-state index is 12.1. The summed E-state index contributed by atoms with van der Waals surface area (Å²) in [6, 6.07) is 8.15. The Morgan fingerprint density at radius 3 is 3.16 bits per heavy atom. The van der Waals surface area contributed by atoms with Gasteiger partial charge in [0.05, 0.1) is 0 Å². The highest BCUT2D eigenvalue weighted by molar-refractivity contribution is 5.94. The van der Waals surface area contributed by atoms with Gasteiger partial charge < -0.3 is 5.32 Å². The molecule has 4 heteroatoms. The highest BCUT2D eigenvalue weighted by Gasteiger charge is 2.22. The molecule has 0 unspecified atom stereocenters. The van der Waals surface area contributed by atoms with Crippen LogP contribution in [0.4, 0.5) is 0 Å². The Hall–Kier alpha value is -2.10. The molecule has 1 aliphatic carbocycles. The molecule has 1 aromatic carbocycles. The summed E-state index contributed by atoms with van der Waals surface area (Å²) in [6.07, 6.45) is 3.08. The third-order valence-electron chi connectivity index (χ3n) is 3.56. The van der Waals surface area contributed by atoms with Crippen LogP contribution < -0.4 is 5.32 Å². The minimum atomic E-state index is -0.0825. The van der Waals surface area contributed by atoms with Gasteiger partial charge in [-0.15, -0.1) is 0 Å². The normalized spacial score (nSPS) is 13.3. The Labute approximate surface area is 112 Å². The molecule has 1 heterocycles. The third kappa shape index (κ3) is 2.38. The lowest BCUT2D eigenvalue weighted by Gasteiger charge is -2.05. The van der Waals surface area contributed by atoms with E-state index in [4.69, 9.17) is 0 Å². The van der Waals surface area contributed by atoms with E-state index in [0.717, 1.165) is 36.1 Å². The maximum atomic E-state index is 12.1. The lowest BCUT2D eigenvalue weighted by molar-refractivity contribution is 0.0945. The van der Waals surface area contributed by atoms with Crippen molar-refractivity contribution in [2.75, 3.05) is 0 Å². The lowest BCUT2D eigenvalue weighted by Crippen LogP contribution is -2.24. The smallest absolute Gasteiger partial charge is 0.272 e. The van der Waals surface area contributed by atoms with Crippen LogP contribution in [0.15, 0.2) is 24.3 Å². The van der Waals surface area contributed by atoms with Crippen LogP contribution in [0, 0.1) is 6.92 Å². The van der Waals surface area contributed by atoms with Crippen LogP contribution in [0.25, 0.3) is 0 Å². The van der Waals surface area contributed by atoms with Gasteiger partial charge in [-0.1, -0.05) is 29.8 Å². The highest BCUT2D eigenvalue weighted by Crippen LogP contribution is 2.22. The van der Waals surface area contributed by atoms with E-state index < -0.39 is 0 Å². The molecule has 0 aliphatic heterocycles. The molecule has 0 bridgehead atoms. The van der Waals surface area contributed by atoms with Crippen molar-refractivity contribution in [2.45, 2.75) is 32.7 Å². The van der Waals surface area contributed by atoms with E-state index >= 15 is 0 Å². The molecule has 4 nitrogen and oxygen atoms in total. The molecule has 0 saturated carbocycles. The lowest BCUT2D eigenvalue weighted by atomic mass is 10.1. The van der Waals surface area contributed by atoms with E-state index in [1.54, 1.807) is 0 Å². The zero-order valence-corrected chi connectivity index (χ0v) is 11.0. The molecule has 0 radical (unpaired) electrons. The second-order valence-corrected chi connectivity index (χ2v) is 5.05. The number of aryl methyl sites for hydroxylation is 2. The van der Waals surface area contributed by atoms with Crippen molar-refractivity contribution < 1.29 is 4.79 Å². The van der Waals surface area contributed by atoms with Gasteiger partial charge in [-0.25, -0.2) is 0 Å². The number of nitrogens with one attached hydrogen (secondary N) is 2. The molecule has 1 amide bonds. The molecule has 0 atom stereocenters. The first kappa shape index (κ1) is 12.0. The molecule has 98 valence electrons. The van der Waals surface area contributed by atoms with Crippen molar-refractivity contribution in [2.24, 2.45) is 0 Å². The number of carbonyl (C=O) groups excluding carboxylic acids is 1. The molecule has 0 spiro atoms. The number of rotatable bonds is 3. The number of benzene rings is 1. The van der Waals surface area contributed by atoms with Crippen molar-refractivity contribution in [3.63, 3.8) is 0 Å². The summed E-state index contributed by atoms with van der Waals surface area (Å²) in [6.45, 7) is 2.59. The van der Waals surface area contributed by atoms with E-state index in [1.165, 1.54) is 5.56 Å². The molecule has 2 aromatic rings. The van der Waals surface area contributed by atoms with Gasteiger partial charge in [-0.2, -0.15) is 5.10 Å². The summed E-state index contributed by atoms with van der Waals surface area (Å²) < 4.78 is 0. The summed E-state index contributed by atoms with van der Waals surface area (Å²) in [5, 5.41) is 10.0. The molecular formula is C15H17N3O. The average Bonchev–Trinajstić information content (AvgIpc) is 2.98. The van der Waals surface area contributed by atoms with Gasteiger partial charge in [0.2, 0.25) is 0 Å². The molecule has 19 heavy (non-hydrogen) atoms. The fourth-order valence-corrected chi connectivity index (χ4v) is 2.60. The van der Waals surface area contributed by atoms with Crippen molar-refractivity contribution in [3.05, 3.63) is 52.3 Å². The van der Waals surface area contributed by atoms with Crippen LogP contribution in [-0.2, 0) is 19.4 Å². The molecular weight excluding hydrogens is 238 g/mol. The number of aromatic nitrogens is 2. The Balaban J connectivity index is 1.68. The molecule has 2 N–H and O–H groups in total. The van der Waals surface area contributed by atoms with Crippen molar-refractivity contribution in [1.29, 1.82) is 0 Å². The number of aromatic amines is 1. The Morgan fingerprint density at radius 1 is 1.42 bits per heavy atom. The topological polar surface area (TPSA) is 57.8 Å². The summed E-state index contributed by atoms with van der Waals surface area (Å²) in [7, 11) is 0. The fourth-order valence-electron chi connectivity index (χ4n) is 2.60. The van der Waals surface area contributed by atoms with Gasteiger partial charge in [-0.05, 0) is 31.7 Å². The number of H-pyrrole nitrogens is 1. The number of carbonyl (C=O) groups is 1. The number of nitrogens with zero attached hydrogens (tertiary/aromatic N) is 1. The number of fused-ring (bicyclic) bond motifs is 1. The molecule has 3 rings (SSSR count). The monoisotopic (exact) mass is 255 g/mol. The first-order valence-electron chi connectivity index (χ1n) is 6.64. The SMILES string of the molecule is Cc1cccc(CNC(=O)c2n[nH]c3c2CCC3)c1. The predicted molar refractivity (Wildman–Crippen MR) is 73.0 cm³/mol. The van der Waals surface area contributed by atoms with Crippen LogP contribution in [-0.4, -0.2) is 16.1 Å². The van der Waals surface area contributed by atoms with Crippen molar-refractivity contribution in [3.8, 4) is 0 Å². The summed E-state index contributed by atoms with van der Waals surface area (Å²) in [5.74, 6) is -0.0825. The second kappa shape index (κ2) is 4.88. The van der Waals surface area contributed by atoms with E-state index in [0.29, 0.717) is 12.2 Å². The van der Waals surface area contributed by atoms with Gasteiger partial charge in [0, 0.05) is 17.8 Å². The molecule has 1 aromatic heterocycles. The number of hydrogen-bond acceptors (Lipinski definition) is 2. The minimum Gasteiger partial charge on any atom is -0.347 e. The third-order valence-corrected chi connectivity index (χ3v) is 3.56. The Morgan fingerprint density at radius 2 is 2.32 bits per heavy atom. The first-order valence-corrected chi connectivity index (χ1v) is 6.64. The highest BCUT2D eigenvalue weighted by atomic mass is 16.1. The van der Waals surface area contributed by atoms with Gasteiger partial charge >= 0.3 is 0 Å². The van der Waals surface area contributed by atoms with Crippen LogP contribution in [0.5, 0.6) is 0 Å².